The highest BCUT2D eigenvalue weighted by Gasteiger charge is 2.25. The van der Waals surface area contributed by atoms with Crippen molar-refractivity contribution in [3.05, 3.63) is 95.1 Å². The zero-order valence-corrected chi connectivity index (χ0v) is 18.4. The van der Waals surface area contributed by atoms with Crippen LogP contribution >= 0.6 is 0 Å². The van der Waals surface area contributed by atoms with Crippen LogP contribution in [0.3, 0.4) is 0 Å². The molecule has 3 aromatic carbocycles. The van der Waals surface area contributed by atoms with E-state index in [1.807, 2.05) is 32.9 Å². The molecule has 0 heterocycles. The van der Waals surface area contributed by atoms with Crippen molar-refractivity contribution in [2.45, 2.75) is 31.7 Å². The smallest absolute Gasteiger partial charge is 0.264 e. The van der Waals surface area contributed by atoms with Gasteiger partial charge < -0.3 is 5.32 Å². The number of nitrogens with zero attached hydrogens (tertiary/aromatic N) is 1. The second kappa shape index (κ2) is 8.71. The first-order valence-electron chi connectivity index (χ1n) is 9.73. The molecule has 0 saturated carbocycles. The van der Waals surface area contributed by atoms with Crippen LogP contribution in [0.1, 0.15) is 40.0 Å². The second-order valence-corrected chi connectivity index (χ2v) is 9.31. The second-order valence-electron chi connectivity index (χ2n) is 7.34. The molecule has 0 aliphatic rings. The summed E-state index contributed by atoms with van der Waals surface area (Å²) in [5.74, 6) is -0.327. The van der Waals surface area contributed by atoms with E-state index in [4.69, 9.17) is 0 Å². The van der Waals surface area contributed by atoms with Gasteiger partial charge in [-0.1, -0.05) is 48.5 Å². The molecule has 0 spiro atoms. The largest absolute Gasteiger partial charge is 0.345 e. The first kappa shape index (κ1) is 21.6. The Morgan fingerprint density at radius 1 is 0.900 bits per heavy atom. The molecule has 0 radical (unpaired) electrons. The van der Waals surface area contributed by atoms with E-state index < -0.39 is 10.0 Å². The zero-order valence-electron chi connectivity index (χ0n) is 17.6. The van der Waals surface area contributed by atoms with Crippen molar-refractivity contribution >= 4 is 21.6 Å². The summed E-state index contributed by atoms with van der Waals surface area (Å²) >= 11 is 0. The summed E-state index contributed by atoms with van der Waals surface area (Å²) in [7, 11) is -2.33. The molecule has 0 fully saturated rings. The third-order valence-electron chi connectivity index (χ3n) is 5.27. The normalized spacial score (nSPS) is 12.3. The number of amides is 1. The van der Waals surface area contributed by atoms with Crippen LogP contribution in [0.15, 0.2) is 77.7 Å². The molecule has 0 bridgehead atoms. The van der Waals surface area contributed by atoms with Gasteiger partial charge in [-0.2, -0.15) is 0 Å². The fourth-order valence-electron chi connectivity index (χ4n) is 3.21. The minimum Gasteiger partial charge on any atom is -0.345 e. The lowest BCUT2D eigenvalue weighted by molar-refractivity contribution is 0.0940. The predicted octanol–water partition coefficient (Wildman–Crippen LogP) is 4.62. The summed E-state index contributed by atoms with van der Waals surface area (Å²) in [6.07, 6.45) is 0. The molecule has 0 aliphatic carbocycles. The predicted molar refractivity (Wildman–Crippen MR) is 120 cm³/mol. The fraction of sp³-hybridized carbons (Fsp3) is 0.208. The Morgan fingerprint density at radius 3 is 2.20 bits per heavy atom. The molecule has 6 heteroatoms. The molecule has 1 N–H and O–H groups in total. The van der Waals surface area contributed by atoms with E-state index in [0.717, 1.165) is 15.4 Å². The highest BCUT2D eigenvalue weighted by molar-refractivity contribution is 7.92. The summed E-state index contributed by atoms with van der Waals surface area (Å²) < 4.78 is 27.2. The Kier molecular flexibility index (Phi) is 6.27. The van der Waals surface area contributed by atoms with E-state index in [0.29, 0.717) is 11.3 Å². The minimum absolute atomic E-state index is 0.172. The number of nitrogens with one attached hydrogen (secondary N) is 1. The van der Waals surface area contributed by atoms with E-state index in [9.17, 15) is 13.2 Å². The first-order valence-corrected chi connectivity index (χ1v) is 11.2. The molecular formula is C24H26N2O3S. The Morgan fingerprint density at radius 2 is 1.53 bits per heavy atom. The summed E-state index contributed by atoms with van der Waals surface area (Å²) in [6, 6.07) is 20.7. The van der Waals surface area contributed by atoms with Crippen LogP contribution in [0.5, 0.6) is 0 Å². The van der Waals surface area contributed by atoms with Gasteiger partial charge >= 0.3 is 0 Å². The highest BCUT2D eigenvalue weighted by atomic mass is 32.2. The Balaban J connectivity index is 1.89. The number of hydrogen-bond donors (Lipinski definition) is 1. The van der Waals surface area contributed by atoms with E-state index in [2.05, 4.69) is 11.4 Å². The Bertz CT molecular complexity index is 1160. The summed E-state index contributed by atoms with van der Waals surface area (Å²) in [4.78, 5) is 13.2. The lowest BCUT2D eigenvalue weighted by Gasteiger charge is -2.23. The number of hydrogen-bond acceptors (Lipinski definition) is 3. The number of rotatable bonds is 6. The van der Waals surface area contributed by atoms with Crippen LogP contribution in [0.25, 0.3) is 0 Å². The maximum absolute atomic E-state index is 13.0. The Hall–Kier alpha value is -3.12. The third-order valence-corrected chi connectivity index (χ3v) is 7.05. The number of carbonyl (C=O) groups excluding carboxylic acids is 1. The molecule has 3 rings (SSSR count). The molecule has 0 unspecified atom stereocenters. The van der Waals surface area contributed by atoms with Gasteiger partial charge in [-0.05, 0) is 61.7 Å². The number of carbonyl (C=O) groups is 1. The van der Waals surface area contributed by atoms with E-state index >= 15 is 0 Å². The van der Waals surface area contributed by atoms with Crippen molar-refractivity contribution in [1.29, 1.82) is 0 Å². The van der Waals surface area contributed by atoms with Crippen molar-refractivity contribution in [3.8, 4) is 0 Å². The molecule has 30 heavy (non-hydrogen) atoms. The average Bonchev–Trinajstić information content (AvgIpc) is 2.75. The van der Waals surface area contributed by atoms with Gasteiger partial charge in [-0.25, -0.2) is 8.42 Å². The van der Waals surface area contributed by atoms with Crippen molar-refractivity contribution in [3.63, 3.8) is 0 Å². The summed E-state index contributed by atoms with van der Waals surface area (Å²) in [5, 5.41) is 2.99. The zero-order chi connectivity index (χ0) is 21.9. The fourth-order valence-corrected chi connectivity index (χ4v) is 4.45. The SMILES string of the molecule is Cc1ccc([C@@H](C)NC(=O)c2ccccc2N(C)S(=O)(=O)c2ccccc2)cc1C. The van der Waals surface area contributed by atoms with Gasteiger partial charge in [0.05, 0.1) is 22.2 Å². The number of aryl methyl sites for hydroxylation is 2. The molecule has 0 saturated heterocycles. The maximum atomic E-state index is 13.0. The molecule has 156 valence electrons. The summed E-state index contributed by atoms with van der Waals surface area (Å²) in [5.41, 5.74) is 3.97. The molecule has 5 nitrogen and oxygen atoms in total. The van der Waals surface area contributed by atoms with Crippen LogP contribution < -0.4 is 9.62 Å². The van der Waals surface area contributed by atoms with E-state index in [1.54, 1.807) is 42.5 Å². The van der Waals surface area contributed by atoms with E-state index in [1.165, 1.54) is 24.7 Å². The Labute approximate surface area is 178 Å². The van der Waals surface area contributed by atoms with Gasteiger partial charge in [-0.15, -0.1) is 0 Å². The van der Waals surface area contributed by atoms with Crippen LogP contribution in [-0.4, -0.2) is 21.4 Å². The topological polar surface area (TPSA) is 66.5 Å². The third kappa shape index (κ3) is 4.39. The van der Waals surface area contributed by atoms with Crippen LogP contribution in [0, 0.1) is 13.8 Å². The average molecular weight is 423 g/mol. The van der Waals surface area contributed by atoms with Crippen molar-refractivity contribution in [2.75, 3.05) is 11.4 Å². The molecule has 1 atom stereocenters. The van der Waals surface area contributed by atoms with Crippen molar-refractivity contribution in [2.24, 2.45) is 0 Å². The standard InChI is InChI=1S/C24H26N2O3S/c1-17-14-15-20(16-18(17)2)19(3)25-24(27)22-12-8-9-13-23(22)26(4)30(28,29)21-10-6-5-7-11-21/h5-16,19H,1-4H3,(H,25,27)/t19-/m1/s1. The lowest BCUT2D eigenvalue weighted by Crippen LogP contribution is -2.31. The molecule has 1 amide bonds. The summed E-state index contributed by atoms with van der Waals surface area (Å²) in [6.45, 7) is 5.99. The van der Waals surface area contributed by atoms with Gasteiger partial charge in [0.25, 0.3) is 15.9 Å². The van der Waals surface area contributed by atoms with Crippen molar-refractivity contribution < 1.29 is 13.2 Å². The molecule has 3 aromatic rings. The highest BCUT2D eigenvalue weighted by Crippen LogP contribution is 2.26. The molecule has 0 aliphatic heterocycles. The van der Waals surface area contributed by atoms with Crippen LogP contribution in [-0.2, 0) is 10.0 Å². The van der Waals surface area contributed by atoms with Crippen LogP contribution in [0.4, 0.5) is 5.69 Å². The van der Waals surface area contributed by atoms with Gasteiger partial charge in [0.15, 0.2) is 0 Å². The molecule has 0 aromatic heterocycles. The van der Waals surface area contributed by atoms with Crippen LogP contribution in [0.2, 0.25) is 0 Å². The van der Waals surface area contributed by atoms with Gasteiger partial charge in [0, 0.05) is 7.05 Å². The lowest BCUT2D eigenvalue weighted by atomic mass is 10.0. The van der Waals surface area contributed by atoms with Crippen molar-refractivity contribution in [1.82, 2.24) is 5.32 Å². The minimum atomic E-state index is -3.79. The maximum Gasteiger partial charge on any atom is 0.264 e. The number of sulfonamides is 1. The first-order chi connectivity index (χ1) is 14.2. The van der Waals surface area contributed by atoms with Gasteiger partial charge in [0.2, 0.25) is 0 Å². The van der Waals surface area contributed by atoms with Gasteiger partial charge in [-0.3, -0.25) is 9.10 Å². The monoisotopic (exact) mass is 422 g/mol. The number of benzene rings is 3. The number of anilines is 1. The quantitative estimate of drug-likeness (QED) is 0.630. The van der Waals surface area contributed by atoms with E-state index in [-0.39, 0.29) is 16.8 Å². The molecular weight excluding hydrogens is 396 g/mol. The number of para-hydroxylation sites is 1. The van der Waals surface area contributed by atoms with Gasteiger partial charge in [0.1, 0.15) is 0 Å².